The van der Waals surface area contributed by atoms with E-state index < -0.39 is 0 Å². The molecule has 0 radical (unpaired) electrons. The fraction of sp³-hybridized carbons (Fsp3) is 0.120. The molecule has 4 aromatic carbocycles. The topological polar surface area (TPSA) is 21.3 Å². The molecule has 0 fully saturated rings. The van der Waals surface area contributed by atoms with Gasteiger partial charge in [0.05, 0.1) is 0 Å². The largest absolute Gasteiger partial charge is 0.488 e. The second-order valence-corrected chi connectivity index (χ2v) is 6.81. The molecular weight excluding hydrogens is 349 g/mol. The number of para-hydroxylation sites is 1. The zero-order valence-corrected chi connectivity index (χ0v) is 15.8. The van der Waals surface area contributed by atoms with E-state index >= 15 is 0 Å². The average Bonchev–Trinajstić information content (AvgIpc) is 2.73. The van der Waals surface area contributed by atoms with Gasteiger partial charge in [0.1, 0.15) is 18.2 Å². The zero-order valence-electron chi connectivity index (χ0n) is 15.8. The predicted molar refractivity (Wildman–Crippen MR) is 113 cm³/mol. The summed E-state index contributed by atoms with van der Waals surface area (Å²) in [6.45, 7) is 2.90. The highest BCUT2D eigenvalue weighted by atomic mass is 19.1. The lowest BCUT2D eigenvalue weighted by Crippen LogP contribution is -2.06. The Balaban J connectivity index is 1.65. The van der Waals surface area contributed by atoms with Crippen molar-refractivity contribution in [3.8, 4) is 5.75 Å². The van der Waals surface area contributed by atoms with Gasteiger partial charge in [0.25, 0.3) is 0 Å². The molecule has 2 nitrogen and oxygen atoms in total. The molecule has 0 atom stereocenters. The molecule has 0 aliphatic rings. The summed E-state index contributed by atoms with van der Waals surface area (Å²) in [5, 5.41) is 5.81. The average molecular weight is 371 g/mol. The molecule has 0 unspecified atom stereocenters. The lowest BCUT2D eigenvalue weighted by atomic mass is 10.0. The van der Waals surface area contributed by atoms with Crippen LogP contribution in [-0.2, 0) is 13.2 Å². The molecule has 0 spiro atoms. The minimum absolute atomic E-state index is 0.197. The molecule has 0 saturated carbocycles. The number of benzene rings is 4. The lowest BCUT2D eigenvalue weighted by Gasteiger charge is -2.17. The fourth-order valence-corrected chi connectivity index (χ4v) is 3.36. The van der Waals surface area contributed by atoms with Gasteiger partial charge >= 0.3 is 0 Å². The maximum absolute atomic E-state index is 14.0. The number of nitrogens with one attached hydrogen (secondary N) is 1. The van der Waals surface area contributed by atoms with Crippen LogP contribution in [0.4, 0.5) is 10.1 Å². The SMILES string of the molecule is Cc1ccccc1NCc1c(OCc2ccccc2F)ccc2ccccc12. The lowest BCUT2D eigenvalue weighted by molar-refractivity contribution is 0.297. The Morgan fingerprint density at radius 1 is 0.821 bits per heavy atom. The summed E-state index contributed by atoms with van der Waals surface area (Å²) in [4.78, 5) is 0. The number of hydrogen-bond acceptors (Lipinski definition) is 2. The normalized spacial score (nSPS) is 10.8. The second kappa shape index (κ2) is 8.13. The summed E-state index contributed by atoms with van der Waals surface area (Å²) in [7, 11) is 0. The van der Waals surface area contributed by atoms with Gasteiger partial charge in [-0.1, -0.05) is 66.7 Å². The summed E-state index contributed by atoms with van der Waals surface area (Å²) < 4.78 is 20.0. The maximum atomic E-state index is 14.0. The number of anilines is 1. The molecule has 3 heteroatoms. The van der Waals surface area contributed by atoms with Crippen LogP contribution in [0.15, 0.2) is 84.9 Å². The molecule has 1 N–H and O–H groups in total. The van der Waals surface area contributed by atoms with Crippen LogP contribution in [0.5, 0.6) is 5.75 Å². The summed E-state index contributed by atoms with van der Waals surface area (Å²) in [6, 6.07) is 27.2. The monoisotopic (exact) mass is 371 g/mol. The van der Waals surface area contributed by atoms with E-state index in [2.05, 4.69) is 36.5 Å². The van der Waals surface area contributed by atoms with E-state index in [1.54, 1.807) is 12.1 Å². The Morgan fingerprint density at radius 2 is 1.57 bits per heavy atom. The first-order valence-electron chi connectivity index (χ1n) is 9.39. The summed E-state index contributed by atoms with van der Waals surface area (Å²) >= 11 is 0. The highest BCUT2D eigenvalue weighted by Gasteiger charge is 2.11. The molecule has 28 heavy (non-hydrogen) atoms. The highest BCUT2D eigenvalue weighted by molar-refractivity contribution is 5.88. The van der Waals surface area contributed by atoms with Gasteiger partial charge in [-0.3, -0.25) is 0 Å². The number of aryl methyl sites for hydroxylation is 1. The van der Waals surface area contributed by atoms with Gasteiger partial charge in [0.2, 0.25) is 0 Å². The molecule has 0 bridgehead atoms. The Kier molecular flexibility index (Phi) is 5.24. The Morgan fingerprint density at radius 3 is 2.43 bits per heavy atom. The van der Waals surface area contributed by atoms with Gasteiger partial charge in [-0.15, -0.1) is 0 Å². The molecule has 0 saturated heterocycles. The van der Waals surface area contributed by atoms with Crippen molar-refractivity contribution >= 4 is 16.5 Å². The molecule has 0 aliphatic heterocycles. The van der Waals surface area contributed by atoms with Gasteiger partial charge < -0.3 is 10.1 Å². The molecule has 4 rings (SSSR count). The smallest absolute Gasteiger partial charge is 0.129 e. The van der Waals surface area contributed by atoms with E-state index in [-0.39, 0.29) is 12.4 Å². The van der Waals surface area contributed by atoms with Gasteiger partial charge in [-0.2, -0.15) is 0 Å². The van der Waals surface area contributed by atoms with Crippen molar-refractivity contribution in [3.63, 3.8) is 0 Å². The number of fused-ring (bicyclic) bond motifs is 1. The first-order valence-corrected chi connectivity index (χ1v) is 9.39. The van der Waals surface area contributed by atoms with Crippen molar-refractivity contribution in [3.05, 3.63) is 107 Å². The fourth-order valence-electron chi connectivity index (χ4n) is 3.36. The van der Waals surface area contributed by atoms with E-state index in [0.29, 0.717) is 12.1 Å². The molecule has 0 amide bonds. The molecule has 4 aromatic rings. The van der Waals surface area contributed by atoms with Crippen LogP contribution in [-0.4, -0.2) is 0 Å². The first kappa shape index (κ1) is 18.1. The van der Waals surface area contributed by atoms with E-state index in [0.717, 1.165) is 27.8 Å². The second-order valence-electron chi connectivity index (χ2n) is 6.81. The number of ether oxygens (including phenoxy) is 1. The van der Waals surface area contributed by atoms with Gasteiger partial charge in [0, 0.05) is 23.4 Å². The minimum atomic E-state index is -0.247. The van der Waals surface area contributed by atoms with E-state index in [4.69, 9.17) is 4.74 Å². The Hall–Kier alpha value is -3.33. The van der Waals surface area contributed by atoms with E-state index in [9.17, 15) is 4.39 Å². The number of rotatable bonds is 6. The molecule has 0 aromatic heterocycles. The molecule has 140 valence electrons. The number of halogens is 1. The van der Waals surface area contributed by atoms with Crippen LogP contribution in [0.2, 0.25) is 0 Å². The van der Waals surface area contributed by atoms with Crippen LogP contribution in [0.3, 0.4) is 0 Å². The van der Waals surface area contributed by atoms with Crippen LogP contribution in [0, 0.1) is 12.7 Å². The summed E-state index contributed by atoms with van der Waals surface area (Å²) in [5.41, 5.74) is 3.90. The van der Waals surface area contributed by atoms with Crippen molar-refractivity contribution in [2.24, 2.45) is 0 Å². The van der Waals surface area contributed by atoms with Crippen LogP contribution in [0.1, 0.15) is 16.7 Å². The number of hydrogen-bond donors (Lipinski definition) is 1. The van der Waals surface area contributed by atoms with Crippen LogP contribution >= 0.6 is 0 Å². The van der Waals surface area contributed by atoms with Gasteiger partial charge in [0.15, 0.2) is 0 Å². The molecule has 0 heterocycles. The van der Waals surface area contributed by atoms with Crippen molar-refractivity contribution in [2.75, 3.05) is 5.32 Å². The molecule has 0 aliphatic carbocycles. The highest BCUT2D eigenvalue weighted by Crippen LogP contribution is 2.30. The Bertz CT molecular complexity index is 1110. The van der Waals surface area contributed by atoms with Crippen molar-refractivity contribution in [2.45, 2.75) is 20.1 Å². The third-order valence-corrected chi connectivity index (χ3v) is 4.94. The predicted octanol–water partition coefficient (Wildman–Crippen LogP) is 6.48. The summed E-state index contributed by atoms with van der Waals surface area (Å²) in [6.07, 6.45) is 0. The third kappa shape index (κ3) is 3.84. The quantitative estimate of drug-likeness (QED) is 0.419. The maximum Gasteiger partial charge on any atom is 0.129 e. The minimum Gasteiger partial charge on any atom is -0.488 e. The van der Waals surface area contributed by atoms with Gasteiger partial charge in [-0.05, 0) is 41.5 Å². The van der Waals surface area contributed by atoms with Crippen LogP contribution < -0.4 is 10.1 Å². The van der Waals surface area contributed by atoms with Crippen molar-refractivity contribution in [1.29, 1.82) is 0 Å². The standard InChI is InChI=1S/C25H22FNO/c1-18-8-2-7-13-24(18)27-16-22-21-11-5-3-9-19(21)14-15-25(22)28-17-20-10-4-6-12-23(20)26/h2-15,27H,16-17H2,1H3. The summed E-state index contributed by atoms with van der Waals surface area (Å²) in [5.74, 6) is 0.519. The van der Waals surface area contributed by atoms with Crippen molar-refractivity contribution in [1.82, 2.24) is 0 Å². The van der Waals surface area contributed by atoms with E-state index in [1.807, 2.05) is 42.5 Å². The third-order valence-electron chi connectivity index (χ3n) is 4.94. The Labute approximate surface area is 164 Å². The van der Waals surface area contributed by atoms with E-state index in [1.165, 1.54) is 11.6 Å². The van der Waals surface area contributed by atoms with Crippen LogP contribution in [0.25, 0.3) is 10.8 Å². The molecular formula is C25H22FNO. The first-order chi connectivity index (χ1) is 13.7. The van der Waals surface area contributed by atoms with Gasteiger partial charge in [-0.25, -0.2) is 4.39 Å². The zero-order chi connectivity index (χ0) is 19.3. The van der Waals surface area contributed by atoms with Crippen molar-refractivity contribution < 1.29 is 9.13 Å².